The van der Waals surface area contributed by atoms with Crippen molar-refractivity contribution < 1.29 is 14.0 Å². The highest BCUT2D eigenvalue weighted by Crippen LogP contribution is 2.13. The number of furan rings is 1. The molecule has 0 spiro atoms. The SMILES string of the molecule is CNNC(=O)C1=CN(CC(=O)c2ccco2)C=CC1. The number of nitrogens with one attached hydrogen (secondary N) is 2. The summed E-state index contributed by atoms with van der Waals surface area (Å²) in [6.45, 7) is 0.139. The zero-order valence-corrected chi connectivity index (χ0v) is 10.6. The van der Waals surface area contributed by atoms with Crippen molar-refractivity contribution in [2.75, 3.05) is 13.6 Å². The second-order valence-electron chi connectivity index (χ2n) is 4.02. The Balaban J connectivity index is 2.00. The summed E-state index contributed by atoms with van der Waals surface area (Å²) >= 11 is 0. The number of ketones is 1. The van der Waals surface area contributed by atoms with Crippen molar-refractivity contribution in [1.29, 1.82) is 0 Å². The Morgan fingerprint density at radius 3 is 3.00 bits per heavy atom. The molecule has 2 heterocycles. The molecule has 1 amide bonds. The van der Waals surface area contributed by atoms with Gasteiger partial charge in [0.15, 0.2) is 5.76 Å². The van der Waals surface area contributed by atoms with Crippen LogP contribution in [0.4, 0.5) is 0 Å². The Morgan fingerprint density at radius 2 is 2.32 bits per heavy atom. The molecule has 1 aromatic heterocycles. The van der Waals surface area contributed by atoms with E-state index in [1.54, 1.807) is 36.5 Å². The van der Waals surface area contributed by atoms with E-state index in [4.69, 9.17) is 4.42 Å². The van der Waals surface area contributed by atoms with Crippen molar-refractivity contribution in [3.05, 3.63) is 48.2 Å². The van der Waals surface area contributed by atoms with Crippen molar-refractivity contribution in [3.8, 4) is 0 Å². The van der Waals surface area contributed by atoms with Crippen molar-refractivity contribution in [3.63, 3.8) is 0 Å². The average molecular weight is 261 g/mol. The summed E-state index contributed by atoms with van der Waals surface area (Å²) in [6, 6.07) is 3.29. The van der Waals surface area contributed by atoms with Crippen LogP contribution in [0.3, 0.4) is 0 Å². The molecule has 0 saturated heterocycles. The fraction of sp³-hybridized carbons (Fsp3) is 0.231. The minimum atomic E-state index is -0.206. The first-order chi connectivity index (χ1) is 9.20. The maximum absolute atomic E-state index is 11.9. The summed E-state index contributed by atoms with van der Waals surface area (Å²) in [5, 5.41) is 0. The number of Topliss-reactive ketones (excluding diaryl/α,β-unsaturated/α-hetero) is 1. The largest absolute Gasteiger partial charge is 0.461 e. The number of carbonyl (C=O) groups excluding carboxylic acids is 2. The van der Waals surface area contributed by atoms with Crippen molar-refractivity contribution in [2.45, 2.75) is 6.42 Å². The van der Waals surface area contributed by atoms with Gasteiger partial charge in [0, 0.05) is 25.0 Å². The molecule has 0 aliphatic carbocycles. The van der Waals surface area contributed by atoms with Crippen LogP contribution in [0.2, 0.25) is 0 Å². The van der Waals surface area contributed by atoms with Crippen molar-refractivity contribution in [1.82, 2.24) is 15.8 Å². The van der Waals surface area contributed by atoms with Gasteiger partial charge in [-0.15, -0.1) is 0 Å². The van der Waals surface area contributed by atoms with Gasteiger partial charge < -0.3 is 9.32 Å². The van der Waals surface area contributed by atoms with Gasteiger partial charge in [-0.3, -0.25) is 15.0 Å². The zero-order valence-electron chi connectivity index (χ0n) is 10.6. The Kier molecular flexibility index (Phi) is 4.15. The third kappa shape index (κ3) is 3.32. The van der Waals surface area contributed by atoms with Gasteiger partial charge in [0.05, 0.1) is 12.8 Å². The lowest BCUT2D eigenvalue weighted by Crippen LogP contribution is -2.36. The van der Waals surface area contributed by atoms with Gasteiger partial charge in [0.1, 0.15) is 0 Å². The Hall–Kier alpha value is -2.34. The fourth-order valence-electron chi connectivity index (χ4n) is 1.74. The highest BCUT2D eigenvalue weighted by Gasteiger charge is 2.16. The lowest BCUT2D eigenvalue weighted by Gasteiger charge is -2.19. The van der Waals surface area contributed by atoms with Crippen molar-refractivity contribution >= 4 is 11.7 Å². The summed E-state index contributed by atoms with van der Waals surface area (Å²) in [4.78, 5) is 25.2. The van der Waals surface area contributed by atoms with Gasteiger partial charge in [-0.05, 0) is 18.6 Å². The predicted octanol–water partition coefficient (Wildman–Crippen LogP) is 0.816. The number of allylic oxidation sites excluding steroid dienone is 1. The summed E-state index contributed by atoms with van der Waals surface area (Å²) < 4.78 is 5.04. The number of hydrazine groups is 1. The molecule has 100 valence electrons. The molecular weight excluding hydrogens is 246 g/mol. The highest BCUT2D eigenvalue weighted by atomic mass is 16.3. The Labute approximate surface area is 110 Å². The minimum Gasteiger partial charge on any atom is -0.461 e. The molecule has 1 aromatic rings. The summed E-state index contributed by atoms with van der Waals surface area (Å²) in [5.74, 6) is -0.0305. The number of carbonyl (C=O) groups is 2. The molecule has 0 bridgehead atoms. The molecule has 0 unspecified atom stereocenters. The predicted molar refractivity (Wildman–Crippen MR) is 68.8 cm³/mol. The second kappa shape index (κ2) is 6.01. The van der Waals surface area contributed by atoms with E-state index in [2.05, 4.69) is 10.9 Å². The summed E-state index contributed by atoms with van der Waals surface area (Å²) in [7, 11) is 1.62. The van der Waals surface area contributed by atoms with Gasteiger partial charge >= 0.3 is 0 Å². The van der Waals surface area contributed by atoms with Crippen LogP contribution < -0.4 is 10.9 Å². The van der Waals surface area contributed by atoms with E-state index in [-0.39, 0.29) is 18.2 Å². The van der Waals surface area contributed by atoms with Crippen LogP contribution in [-0.4, -0.2) is 30.2 Å². The maximum Gasteiger partial charge on any atom is 0.263 e. The molecular formula is C13H15N3O3. The average Bonchev–Trinajstić information content (AvgIpc) is 2.93. The second-order valence-corrected chi connectivity index (χ2v) is 4.02. The lowest BCUT2D eigenvalue weighted by molar-refractivity contribution is -0.118. The van der Waals surface area contributed by atoms with Gasteiger partial charge in [-0.2, -0.15) is 0 Å². The standard InChI is InChI=1S/C13H15N3O3/c1-14-15-13(18)10-4-2-6-16(8-10)9-11(17)12-5-3-7-19-12/h2-3,5-8,14H,4,9H2,1H3,(H,15,18). The fourth-order valence-corrected chi connectivity index (χ4v) is 1.74. The van der Waals surface area contributed by atoms with Crippen LogP contribution in [0, 0.1) is 0 Å². The molecule has 0 fully saturated rings. The molecule has 6 heteroatoms. The quantitative estimate of drug-likeness (QED) is 0.606. The van der Waals surface area contributed by atoms with Crippen LogP contribution in [0.15, 0.2) is 46.9 Å². The number of rotatable bonds is 5. The molecule has 6 nitrogen and oxygen atoms in total. The number of hydrogen-bond acceptors (Lipinski definition) is 5. The van der Waals surface area contributed by atoms with Gasteiger partial charge in [0.25, 0.3) is 5.91 Å². The third-order valence-corrected chi connectivity index (χ3v) is 2.61. The van der Waals surface area contributed by atoms with E-state index in [0.29, 0.717) is 17.8 Å². The van der Waals surface area contributed by atoms with E-state index >= 15 is 0 Å². The first-order valence-corrected chi connectivity index (χ1v) is 5.87. The van der Waals surface area contributed by atoms with E-state index < -0.39 is 0 Å². The van der Waals surface area contributed by atoms with Crippen molar-refractivity contribution in [2.24, 2.45) is 0 Å². The smallest absolute Gasteiger partial charge is 0.263 e. The van der Waals surface area contributed by atoms with E-state index in [0.717, 1.165) is 0 Å². The van der Waals surface area contributed by atoms with Gasteiger partial charge in [-0.1, -0.05) is 6.08 Å². The zero-order chi connectivity index (χ0) is 13.7. The molecule has 0 aromatic carbocycles. The van der Waals surface area contributed by atoms with E-state index in [9.17, 15) is 9.59 Å². The Morgan fingerprint density at radius 1 is 1.47 bits per heavy atom. The molecule has 0 atom stereocenters. The van der Waals surface area contributed by atoms with E-state index in [1.165, 1.54) is 6.26 Å². The maximum atomic E-state index is 11.9. The molecule has 19 heavy (non-hydrogen) atoms. The number of amides is 1. The first kappa shape index (κ1) is 13.1. The third-order valence-electron chi connectivity index (χ3n) is 2.61. The number of nitrogens with zero attached hydrogens (tertiary/aromatic N) is 1. The summed E-state index contributed by atoms with van der Waals surface area (Å²) in [6.07, 6.45) is 7.27. The topological polar surface area (TPSA) is 74.6 Å². The monoisotopic (exact) mass is 261 g/mol. The highest BCUT2D eigenvalue weighted by molar-refractivity contribution is 5.96. The van der Waals surface area contributed by atoms with Crippen LogP contribution in [-0.2, 0) is 4.79 Å². The molecule has 2 rings (SSSR count). The normalized spacial score (nSPS) is 14.2. The number of hydrogen-bond donors (Lipinski definition) is 2. The van der Waals surface area contributed by atoms with Crippen LogP contribution in [0.5, 0.6) is 0 Å². The molecule has 1 aliphatic rings. The molecule has 1 aliphatic heterocycles. The summed E-state index contributed by atoms with van der Waals surface area (Å²) in [5.41, 5.74) is 5.66. The van der Waals surface area contributed by atoms with Crippen LogP contribution in [0.1, 0.15) is 17.0 Å². The minimum absolute atomic E-state index is 0.138. The molecule has 0 radical (unpaired) electrons. The first-order valence-electron chi connectivity index (χ1n) is 5.87. The van der Waals surface area contributed by atoms with Crippen LogP contribution >= 0.6 is 0 Å². The van der Waals surface area contributed by atoms with Crippen LogP contribution in [0.25, 0.3) is 0 Å². The molecule has 2 N–H and O–H groups in total. The Bertz CT molecular complexity index is 517. The molecule has 0 saturated carbocycles. The van der Waals surface area contributed by atoms with Gasteiger partial charge in [0.2, 0.25) is 5.78 Å². The lowest BCUT2D eigenvalue weighted by atomic mass is 10.1. The van der Waals surface area contributed by atoms with Gasteiger partial charge in [-0.25, -0.2) is 5.43 Å². The van der Waals surface area contributed by atoms with E-state index in [1.807, 2.05) is 6.08 Å².